The number of hydrogen-bond donors (Lipinski definition) is 2. The lowest BCUT2D eigenvalue weighted by molar-refractivity contribution is 0.0840. The van der Waals surface area contributed by atoms with Gasteiger partial charge in [-0.1, -0.05) is 30.3 Å². The molecule has 2 unspecified atom stereocenters. The fourth-order valence-electron chi connectivity index (χ4n) is 3.33. The summed E-state index contributed by atoms with van der Waals surface area (Å²) in [6.07, 6.45) is 1.26. The van der Waals surface area contributed by atoms with Crippen molar-refractivity contribution in [1.82, 2.24) is 0 Å². The largest absolute Gasteiger partial charge is 0.387 e. The number of hydrogen-bond acceptors (Lipinski definition) is 2. The number of halogens is 2. The van der Waals surface area contributed by atoms with E-state index in [4.69, 9.17) is 5.73 Å². The van der Waals surface area contributed by atoms with Crippen LogP contribution in [0, 0.1) is 0 Å². The number of aryl methyl sites for hydroxylation is 1. The summed E-state index contributed by atoms with van der Waals surface area (Å²) in [4.78, 5) is 0. The van der Waals surface area contributed by atoms with Gasteiger partial charge in [-0.05, 0) is 73.5 Å². The molecule has 3 N–H and O–H groups in total. The summed E-state index contributed by atoms with van der Waals surface area (Å²) >= 11 is 6.97. The summed E-state index contributed by atoms with van der Waals surface area (Å²) in [6, 6.07) is 14.2. The third-order valence-corrected chi connectivity index (χ3v) is 6.42. The summed E-state index contributed by atoms with van der Waals surface area (Å²) in [5, 5.41) is 11.0. The summed E-state index contributed by atoms with van der Waals surface area (Å²) in [5.41, 5.74) is 9.12. The Balaban J connectivity index is 2.06. The van der Waals surface area contributed by atoms with Gasteiger partial charge in [-0.15, -0.1) is 0 Å². The number of rotatable bonds is 3. The molecule has 21 heavy (non-hydrogen) atoms. The molecule has 2 nitrogen and oxygen atoms in total. The van der Waals surface area contributed by atoms with Crippen LogP contribution in [0.4, 0.5) is 0 Å². The number of aliphatic hydroxyl groups excluding tert-OH is 1. The van der Waals surface area contributed by atoms with Crippen LogP contribution in [0.5, 0.6) is 0 Å². The van der Waals surface area contributed by atoms with Crippen LogP contribution in [0.1, 0.15) is 29.2 Å². The van der Waals surface area contributed by atoms with Crippen molar-refractivity contribution in [3.8, 4) is 0 Å². The first-order valence-corrected chi connectivity index (χ1v) is 8.58. The van der Waals surface area contributed by atoms with E-state index in [1.54, 1.807) is 0 Å². The van der Waals surface area contributed by atoms with Gasteiger partial charge in [0.25, 0.3) is 0 Å². The first kappa shape index (κ1) is 15.2. The average molecular weight is 411 g/mol. The van der Waals surface area contributed by atoms with Crippen LogP contribution >= 0.6 is 31.9 Å². The van der Waals surface area contributed by atoms with Crippen molar-refractivity contribution in [3.63, 3.8) is 0 Å². The third kappa shape index (κ3) is 2.48. The van der Waals surface area contributed by atoms with E-state index in [2.05, 4.69) is 44.0 Å². The summed E-state index contributed by atoms with van der Waals surface area (Å²) < 4.78 is 1.92. The lowest BCUT2D eigenvalue weighted by Crippen LogP contribution is -2.39. The number of benzene rings is 2. The molecule has 0 saturated heterocycles. The standard InChI is InChI=1S/C17H17Br2NO/c18-14-6-5-12(9-15(14)19)16(21)17(10-20)8-7-11-3-1-2-4-13(11)17/h1-6,9,16,21H,7-8,10,20H2. The van der Waals surface area contributed by atoms with Crippen molar-refractivity contribution in [1.29, 1.82) is 0 Å². The minimum Gasteiger partial charge on any atom is -0.387 e. The first-order chi connectivity index (χ1) is 10.1. The smallest absolute Gasteiger partial charge is 0.0899 e. The van der Waals surface area contributed by atoms with Crippen LogP contribution in [-0.4, -0.2) is 11.7 Å². The molecule has 0 radical (unpaired) electrons. The molecule has 0 spiro atoms. The normalized spacial score (nSPS) is 22.1. The van der Waals surface area contributed by atoms with Gasteiger partial charge in [-0.2, -0.15) is 0 Å². The highest BCUT2D eigenvalue weighted by Gasteiger charge is 2.44. The maximum Gasteiger partial charge on any atom is 0.0899 e. The quantitative estimate of drug-likeness (QED) is 0.800. The predicted octanol–water partition coefficient (Wildman–Crippen LogP) is 4.09. The molecular weight excluding hydrogens is 394 g/mol. The minimum absolute atomic E-state index is 0.385. The molecule has 2 aromatic carbocycles. The lowest BCUT2D eigenvalue weighted by Gasteiger charge is -2.34. The zero-order chi connectivity index (χ0) is 15.0. The Labute approximate surface area is 141 Å². The molecule has 0 fully saturated rings. The van der Waals surface area contributed by atoms with Crippen LogP contribution < -0.4 is 5.73 Å². The van der Waals surface area contributed by atoms with Gasteiger partial charge in [0.15, 0.2) is 0 Å². The van der Waals surface area contributed by atoms with Gasteiger partial charge < -0.3 is 10.8 Å². The summed E-state index contributed by atoms with van der Waals surface area (Å²) in [7, 11) is 0. The zero-order valence-electron chi connectivity index (χ0n) is 11.5. The zero-order valence-corrected chi connectivity index (χ0v) is 14.7. The molecule has 3 rings (SSSR count). The van der Waals surface area contributed by atoms with Crippen LogP contribution in [0.25, 0.3) is 0 Å². The van der Waals surface area contributed by atoms with E-state index >= 15 is 0 Å². The predicted molar refractivity (Wildman–Crippen MR) is 92.3 cm³/mol. The molecule has 0 aromatic heterocycles. The molecule has 0 heterocycles. The highest BCUT2D eigenvalue weighted by atomic mass is 79.9. The molecule has 0 aliphatic heterocycles. The van der Waals surface area contributed by atoms with Crippen molar-refractivity contribution in [2.45, 2.75) is 24.4 Å². The molecule has 0 bridgehead atoms. The number of fused-ring (bicyclic) bond motifs is 1. The Bertz CT molecular complexity index is 674. The van der Waals surface area contributed by atoms with E-state index in [1.807, 2.05) is 30.3 Å². The molecule has 1 aliphatic carbocycles. The Hall–Kier alpha value is -0.680. The van der Waals surface area contributed by atoms with E-state index in [0.717, 1.165) is 27.4 Å². The summed E-state index contributed by atoms with van der Waals surface area (Å²) in [5.74, 6) is 0. The number of nitrogens with two attached hydrogens (primary N) is 1. The van der Waals surface area contributed by atoms with Gasteiger partial charge in [-0.3, -0.25) is 0 Å². The van der Waals surface area contributed by atoms with E-state index in [-0.39, 0.29) is 5.41 Å². The van der Waals surface area contributed by atoms with Gasteiger partial charge in [0.05, 0.1) is 6.10 Å². The van der Waals surface area contributed by atoms with Crippen LogP contribution in [-0.2, 0) is 11.8 Å². The van der Waals surface area contributed by atoms with Crippen LogP contribution in [0.3, 0.4) is 0 Å². The molecule has 0 saturated carbocycles. The van der Waals surface area contributed by atoms with E-state index in [1.165, 1.54) is 11.1 Å². The Morgan fingerprint density at radius 1 is 1.14 bits per heavy atom. The maximum absolute atomic E-state index is 11.0. The highest BCUT2D eigenvalue weighted by Crippen LogP contribution is 2.47. The Morgan fingerprint density at radius 2 is 1.90 bits per heavy atom. The van der Waals surface area contributed by atoms with Gasteiger partial charge in [0.1, 0.15) is 0 Å². The second-order valence-electron chi connectivity index (χ2n) is 5.59. The van der Waals surface area contributed by atoms with Crippen molar-refractivity contribution in [3.05, 3.63) is 68.1 Å². The van der Waals surface area contributed by atoms with Crippen molar-refractivity contribution >= 4 is 31.9 Å². The molecular formula is C17H17Br2NO. The highest BCUT2D eigenvalue weighted by molar-refractivity contribution is 9.13. The molecule has 2 aromatic rings. The third-order valence-electron chi connectivity index (χ3n) is 4.54. The molecule has 110 valence electrons. The fraction of sp³-hybridized carbons (Fsp3) is 0.294. The topological polar surface area (TPSA) is 46.2 Å². The van der Waals surface area contributed by atoms with Gasteiger partial charge in [0, 0.05) is 20.9 Å². The Kier molecular flexibility index (Phi) is 4.23. The molecule has 1 aliphatic rings. The van der Waals surface area contributed by atoms with Gasteiger partial charge in [-0.25, -0.2) is 0 Å². The van der Waals surface area contributed by atoms with Gasteiger partial charge in [0.2, 0.25) is 0 Å². The summed E-state index contributed by atoms with van der Waals surface area (Å²) in [6.45, 7) is 0.443. The Morgan fingerprint density at radius 3 is 2.62 bits per heavy atom. The van der Waals surface area contributed by atoms with Crippen molar-refractivity contribution in [2.75, 3.05) is 6.54 Å². The second kappa shape index (κ2) is 5.84. The second-order valence-corrected chi connectivity index (χ2v) is 7.30. The van der Waals surface area contributed by atoms with Crippen molar-refractivity contribution in [2.24, 2.45) is 5.73 Å². The molecule has 4 heteroatoms. The first-order valence-electron chi connectivity index (χ1n) is 7.00. The van der Waals surface area contributed by atoms with Crippen molar-refractivity contribution < 1.29 is 5.11 Å². The minimum atomic E-state index is -0.601. The van der Waals surface area contributed by atoms with Crippen LogP contribution in [0.2, 0.25) is 0 Å². The average Bonchev–Trinajstić information content (AvgIpc) is 2.89. The molecule has 0 amide bonds. The van der Waals surface area contributed by atoms with Gasteiger partial charge >= 0.3 is 0 Å². The number of aliphatic hydroxyl groups is 1. The van der Waals surface area contributed by atoms with E-state index in [0.29, 0.717) is 6.54 Å². The van der Waals surface area contributed by atoms with Crippen LogP contribution in [0.15, 0.2) is 51.4 Å². The lowest BCUT2D eigenvalue weighted by atomic mass is 9.74. The SMILES string of the molecule is NCC1(C(O)c2ccc(Br)c(Br)c2)CCc2ccccc21. The molecule has 2 atom stereocenters. The fourth-order valence-corrected chi connectivity index (χ4v) is 3.97. The maximum atomic E-state index is 11.0. The van der Waals surface area contributed by atoms with E-state index < -0.39 is 6.10 Å². The van der Waals surface area contributed by atoms with E-state index in [9.17, 15) is 5.11 Å². The monoisotopic (exact) mass is 409 g/mol.